The van der Waals surface area contributed by atoms with Crippen LogP contribution in [0.1, 0.15) is 29.6 Å². The number of hydrogen-bond acceptors (Lipinski definition) is 2. The zero-order chi connectivity index (χ0) is 14.0. The summed E-state index contributed by atoms with van der Waals surface area (Å²) in [6, 6.07) is 3.79. The number of rotatable bonds is 5. The van der Waals surface area contributed by atoms with Crippen LogP contribution in [0.3, 0.4) is 0 Å². The molecule has 4 nitrogen and oxygen atoms in total. The van der Waals surface area contributed by atoms with Gasteiger partial charge in [-0.2, -0.15) is 0 Å². The number of aliphatic carboxylic acids is 1. The molecule has 0 heterocycles. The maximum Gasteiger partial charge on any atom is 0.305 e. The Kier molecular flexibility index (Phi) is 4.19. The highest BCUT2D eigenvalue weighted by Crippen LogP contribution is 2.34. The minimum absolute atomic E-state index is 0.0948. The molecule has 0 spiro atoms. The average Bonchev–Trinajstić information content (AvgIpc) is 3.15. The van der Waals surface area contributed by atoms with Crippen LogP contribution in [0.15, 0.2) is 22.7 Å². The lowest BCUT2D eigenvalue weighted by molar-refractivity contribution is -0.137. The van der Waals surface area contributed by atoms with E-state index in [4.69, 9.17) is 5.11 Å². The summed E-state index contributed by atoms with van der Waals surface area (Å²) in [5, 5.41) is 11.5. The molecule has 1 amide bonds. The summed E-state index contributed by atoms with van der Waals surface area (Å²) in [4.78, 5) is 22.8. The second-order valence-electron chi connectivity index (χ2n) is 4.62. The normalized spacial score (nSPS) is 15.9. The van der Waals surface area contributed by atoms with Gasteiger partial charge in [0.25, 0.3) is 5.91 Å². The Hall–Kier alpha value is -1.43. The van der Waals surface area contributed by atoms with E-state index in [-0.39, 0.29) is 28.4 Å². The molecule has 2 N–H and O–H groups in total. The third-order valence-corrected chi connectivity index (χ3v) is 3.90. The minimum atomic E-state index is -0.949. The minimum Gasteiger partial charge on any atom is -0.481 e. The van der Waals surface area contributed by atoms with Crippen molar-refractivity contribution in [2.45, 2.75) is 25.3 Å². The van der Waals surface area contributed by atoms with Crippen LogP contribution in [0.5, 0.6) is 0 Å². The van der Waals surface area contributed by atoms with E-state index in [9.17, 15) is 14.0 Å². The van der Waals surface area contributed by atoms with Crippen LogP contribution in [-0.4, -0.2) is 23.0 Å². The third kappa shape index (κ3) is 3.53. The van der Waals surface area contributed by atoms with Gasteiger partial charge < -0.3 is 10.4 Å². The summed E-state index contributed by atoms with van der Waals surface area (Å²) in [6.07, 6.45) is 1.73. The van der Waals surface area contributed by atoms with E-state index < -0.39 is 17.7 Å². The van der Waals surface area contributed by atoms with Crippen molar-refractivity contribution < 1.29 is 19.1 Å². The Morgan fingerprint density at radius 2 is 2.16 bits per heavy atom. The molecule has 0 bridgehead atoms. The number of carbonyl (C=O) groups is 2. The molecular formula is C13H13BrFNO3. The summed E-state index contributed by atoms with van der Waals surface area (Å²) < 4.78 is 13.4. The molecule has 1 aliphatic rings. The SMILES string of the molecule is O=C(O)CC(NC(=O)c1cccc(F)c1Br)C1CC1. The standard InChI is InChI=1S/C13H13BrFNO3/c14-12-8(2-1-3-9(12)15)13(19)16-10(6-11(17)18)7-4-5-7/h1-3,7,10H,4-6H2,(H,16,19)(H,17,18). The molecule has 6 heteroatoms. The van der Waals surface area contributed by atoms with Gasteiger partial charge in [-0.3, -0.25) is 9.59 Å². The number of carbonyl (C=O) groups excluding carboxylic acids is 1. The Morgan fingerprint density at radius 1 is 1.47 bits per heavy atom. The fourth-order valence-corrected chi connectivity index (χ4v) is 2.39. The molecule has 1 aliphatic carbocycles. The van der Waals surface area contributed by atoms with Crippen molar-refractivity contribution in [1.29, 1.82) is 0 Å². The number of benzene rings is 1. The van der Waals surface area contributed by atoms with Crippen molar-refractivity contribution in [3.05, 3.63) is 34.1 Å². The van der Waals surface area contributed by atoms with Crippen LogP contribution in [0.2, 0.25) is 0 Å². The Morgan fingerprint density at radius 3 is 2.74 bits per heavy atom. The number of amides is 1. The number of nitrogens with one attached hydrogen (secondary N) is 1. The molecule has 1 aromatic rings. The maximum atomic E-state index is 13.3. The summed E-state index contributed by atoms with van der Waals surface area (Å²) >= 11 is 3.02. The van der Waals surface area contributed by atoms with Gasteiger partial charge in [-0.15, -0.1) is 0 Å². The first-order chi connectivity index (χ1) is 8.99. The number of carboxylic acids is 1. The van der Waals surface area contributed by atoms with E-state index in [1.807, 2.05) is 0 Å². The molecule has 2 rings (SSSR count). The van der Waals surface area contributed by atoms with Crippen LogP contribution in [-0.2, 0) is 4.79 Å². The van der Waals surface area contributed by atoms with Gasteiger partial charge in [0, 0.05) is 6.04 Å². The lowest BCUT2D eigenvalue weighted by Gasteiger charge is -2.16. The third-order valence-electron chi connectivity index (χ3n) is 3.10. The van der Waals surface area contributed by atoms with E-state index in [0.29, 0.717) is 0 Å². The molecule has 0 aromatic heterocycles. The largest absolute Gasteiger partial charge is 0.481 e. The predicted octanol–water partition coefficient (Wildman–Crippen LogP) is 2.57. The van der Waals surface area contributed by atoms with Crippen molar-refractivity contribution in [1.82, 2.24) is 5.32 Å². The van der Waals surface area contributed by atoms with Crippen molar-refractivity contribution >= 4 is 27.8 Å². The lowest BCUT2D eigenvalue weighted by atomic mass is 10.1. The van der Waals surface area contributed by atoms with Gasteiger partial charge in [-0.1, -0.05) is 6.07 Å². The number of hydrogen-bond donors (Lipinski definition) is 2. The van der Waals surface area contributed by atoms with Crippen LogP contribution < -0.4 is 5.32 Å². The first-order valence-corrected chi connectivity index (χ1v) is 6.75. The topological polar surface area (TPSA) is 66.4 Å². The first kappa shape index (κ1) is 14.0. The first-order valence-electron chi connectivity index (χ1n) is 5.95. The zero-order valence-corrected chi connectivity index (χ0v) is 11.6. The van der Waals surface area contributed by atoms with E-state index in [2.05, 4.69) is 21.2 Å². The van der Waals surface area contributed by atoms with E-state index >= 15 is 0 Å². The summed E-state index contributed by atoms with van der Waals surface area (Å²) in [7, 11) is 0. The Labute approximate surface area is 118 Å². The van der Waals surface area contributed by atoms with Crippen LogP contribution in [0, 0.1) is 11.7 Å². The van der Waals surface area contributed by atoms with Gasteiger partial charge in [-0.05, 0) is 46.8 Å². The van der Waals surface area contributed by atoms with Crippen LogP contribution in [0.25, 0.3) is 0 Å². The predicted molar refractivity (Wildman–Crippen MR) is 70.3 cm³/mol. The van der Waals surface area contributed by atoms with Gasteiger partial charge in [0.2, 0.25) is 0 Å². The molecular weight excluding hydrogens is 317 g/mol. The van der Waals surface area contributed by atoms with Crippen molar-refractivity contribution in [3.63, 3.8) is 0 Å². The number of carboxylic acid groups (broad SMARTS) is 1. The molecule has 102 valence electrons. The molecule has 1 saturated carbocycles. The molecule has 19 heavy (non-hydrogen) atoms. The van der Waals surface area contributed by atoms with Gasteiger partial charge in [0.05, 0.1) is 16.5 Å². The van der Waals surface area contributed by atoms with Gasteiger partial charge >= 0.3 is 5.97 Å². The molecule has 0 saturated heterocycles. The van der Waals surface area contributed by atoms with E-state index in [1.54, 1.807) is 0 Å². The Bertz CT molecular complexity index is 517. The second kappa shape index (κ2) is 5.69. The molecule has 1 aromatic carbocycles. The monoisotopic (exact) mass is 329 g/mol. The Balaban J connectivity index is 2.10. The molecule has 0 aliphatic heterocycles. The molecule has 0 radical (unpaired) electrons. The summed E-state index contributed by atoms with van der Waals surface area (Å²) in [5.41, 5.74) is 0.177. The van der Waals surface area contributed by atoms with Crippen LogP contribution in [0.4, 0.5) is 4.39 Å². The molecule has 1 unspecified atom stereocenters. The van der Waals surface area contributed by atoms with Gasteiger partial charge in [-0.25, -0.2) is 4.39 Å². The highest BCUT2D eigenvalue weighted by molar-refractivity contribution is 9.10. The zero-order valence-electron chi connectivity index (χ0n) is 10.0. The van der Waals surface area contributed by atoms with Crippen molar-refractivity contribution in [3.8, 4) is 0 Å². The fraction of sp³-hybridized carbons (Fsp3) is 0.385. The van der Waals surface area contributed by atoms with Crippen molar-refractivity contribution in [2.24, 2.45) is 5.92 Å². The van der Waals surface area contributed by atoms with Crippen LogP contribution >= 0.6 is 15.9 Å². The molecule has 1 atom stereocenters. The highest BCUT2D eigenvalue weighted by atomic mass is 79.9. The quantitative estimate of drug-likeness (QED) is 0.872. The van der Waals surface area contributed by atoms with E-state index in [1.165, 1.54) is 18.2 Å². The molecule has 1 fully saturated rings. The average molecular weight is 330 g/mol. The summed E-state index contributed by atoms with van der Waals surface area (Å²) in [5.74, 6) is -1.71. The van der Waals surface area contributed by atoms with Gasteiger partial charge in [0.1, 0.15) is 5.82 Å². The summed E-state index contributed by atoms with van der Waals surface area (Å²) in [6.45, 7) is 0. The lowest BCUT2D eigenvalue weighted by Crippen LogP contribution is -2.38. The smallest absolute Gasteiger partial charge is 0.305 e. The highest BCUT2D eigenvalue weighted by Gasteiger charge is 2.34. The number of halogens is 2. The van der Waals surface area contributed by atoms with E-state index in [0.717, 1.165) is 12.8 Å². The van der Waals surface area contributed by atoms with Crippen molar-refractivity contribution in [2.75, 3.05) is 0 Å². The van der Waals surface area contributed by atoms with Gasteiger partial charge in [0.15, 0.2) is 0 Å². The maximum absolute atomic E-state index is 13.3. The fourth-order valence-electron chi connectivity index (χ4n) is 1.95. The second-order valence-corrected chi connectivity index (χ2v) is 5.41.